The Balaban J connectivity index is 1.98. The maximum Gasteiger partial charge on any atom is 0.279 e. The van der Waals surface area contributed by atoms with Crippen molar-refractivity contribution in [2.24, 2.45) is 11.8 Å². The Bertz CT molecular complexity index is 340. The molecule has 1 saturated carbocycles. The van der Waals surface area contributed by atoms with E-state index in [-0.39, 0.29) is 6.04 Å². The molecule has 0 aromatic heterocycles. The highest BCUT2D eigenvalue weighted by molar-refractivity contribution is 7.87. The number of nitrogens with one attached hydrogen (secondary N) is 1. The smallest absolute Gasteiger partial charge is 0.199 e. The Labute approximate surface area is 105 Å². The van der Waals surface area contributed by atoms with E-state index in [2.05, 4.69) is 18.6 Å². The Morgan fingerprint density at radius 1 is 1.06 bits per heavy atom. The number of rotatable bonds is 3. The SMILES string of the molecule is CC1CC(C)CN(S(=O)(=O)NC2CCCC2)C1. The first-order valence-corrected chi connectivity index (χ1v) is 8.19. The maximum absolute atomic E-state index is 12.2. The highest BCUT2D eigenvalue weighted by atomic mass is 32.2. The molecule has 4 nitrogen and oxygen atoms in total. The van der Waals surface area contributed by atoms with Crippen LogP contribution in [0.15, 0.2) is 0 Å². The molecule has 1 aliphatic heterocycles. The molecule has 2 unspecified atom stereocenters. The van der Waals surface area contributed by atoms with Gasteiger partial charge in [-0.05, 0) is 31.1 Å². The van der Waals surface area contributed by atoms with Crippen molar-refractivity contribution in [2.45, 2.75) is 52.0 Å². The average molecular weight is 260 g/mol. The first-order chi connectivity index (χ1) is 7.97. The van der Waals surface area contributed by atoms with Gasteiger partial charge in [-0.25, -0.2) is 0 Å². The quantitative estimate of drug-likeness (QED) is 0.840. The molecule has 0 radical (unpaired) electrons. The lowest BCUT2D eigenvalue weighted by atomic mass is 9.94. The number of nitrogens with zero attached hydrogens (tertiary/aromatic N) is 1. The van der Waals surface area contributed by atoms with Crippen molar-refractivity contribution in [3.63, 3.8) is 0 Å². The van der Waals surface area contributed by atoms with E-state index in [0.717, 1.165) is 32.1 Å². The molecule has 17 heavy (non-hydrogen) atoms. The molecular formula is C12H24N2O2S. The van der Waals surface area contributed by atoms with Crippen LogP contribution in [0, 0.1) is 11.8 Å². The zero-order valence-electron chi connectivity index (χ0n) is 10.9. The molecule has 1 N–H and O–H groups in total. The highest BCUT2D eigenvalue weighted by Crippen LogP contribution is 2.24. The maximum atomic E-state index is 12.2. The molecule has 0 bridgehead atoms. The van der Waals surface area contributed by atoms with Crippen molar-refractivity contribution in [2.75, 3.05) is 13.1 Å². The van der Waals surface area contributed by atoms with E-state index in [0.29, 0.717) is 24.9 Å². The van der Waals surface area contributed by atoms with Crippen molar-refractivity contribution in [3.05, 3.63) is 0 Å². The van der Waals surface area contributed by atoms with Crippen LogP contribution in [0.3, 0.4) is 0 Å². The molecule has 2 aliphatic rings. The largest absolute Gasteiger partial charge is 0.279 e. The van der Waals surface area contributed by atoms with Crippen LogP contribution in [-0.2, 0) is 10.2 Å². The summed E-state index contributed by atoms with van der Waals surface area (Å²) in [6.45, 7) is 5.61. The van der Waals surface area contributed by atoms with Gasteiger partial charge in [0.2, 0.25) is 0 Å². The summed E-state index contributed by atoms with van der Waals surface area (Å²) in [5.74, 6) is 0.942. The van der Waals surface area contributed by atoms with Gasteiger partial charge >= 0.3 is 0 Å². The fourth-order valence-electron chi connectivity index (χ4n) is 3.13. The topological polar surface area (TPSA) is 49.4 Å². The van der Waals surface area contributed by atoms with Crippen LogP contribution < -0.4 is 4.72 Å². The molecule has 2 atom stereocenters. The molecule has 5 heteroatoms. The number of hydrogen-bond donors (Lipinski definition) is 1. The van der Waals surface area contributed by atoms with Crippen molar-refractivity contribution in [1.29, 1.82) is 0 Å². The molecule has 1 saturated heterocycles. The van der Waals surface area contributed by atoms with E-state index in [1.807, 2.05) is 0 Å². The zero-order valence-corrected chi connectivity index (χ0v) is 11.7. The number of piperidine rings is 1. The van der Waals surface area contributed by atoms with Gasteiger partial charge in [-0.1, -0.05) is 26.7 Å². The van der Waals surface area contributed by atoms with Crippen LogP contribution in [0.25, 0.3) is 0 Å². The normalized spacial score (nSPS) is 33.1. The highest BCUT2D eigenvalue weighted by Gasteiger charge is 2.32. The molecule has 0 amide bonds. The predicted octanol–water partition coefficient (Wildman–Crippen LogP) is 1.74. The van der Waals surface area contributed by atoms with Gasteiger partial charge in [0, 0.05) is 19.1 Å². The van der Waals surface area contributed by atoms with E-state index in [9.17, 15) is 8.42 Å². The summed E-state index contributed by atoms with van der Waals surface area (Å²) >= 11 is 0. The lowest BCUT2D eigenvalue weighted by Gasteiger charge is -2.34. The summed E-state index contributed by atoms with van der Waals surface area (Å²) in [6.07, 6.45) is 5.44. The Kier molecular flexibility index (Phi) is 4.10. The minimum absolute atomic E-state index is 0.174. The summed E-state index contributed by atoms with van der Waals surface area (Å²) < 4.78 is 29.0. The van der Waals surface area contributed by atoms with E-state index in [1.165, 1.54) is 0 Å². The second-order valence-corrected chi connectivity index (χ2v) is 7.57. The predicted molar refractivity (Wildman–Crippen MR) is 68.8 cm³/mol. The molecule has 2 rings (SSSR count). The summed E-state index contributed by atoms with van der Waals surface area (Å²) in [7, 11) is -3.25. The lowest BCUT2D eigenvalue weighted by molar-refractivity contribution is 0.219. The van der Waals surface area contributed by atoms with Crippen LogP contribution >= 0.6 is 0 Å². The summed E-state index contributed by atoms with van der Waals surface area (Å²) in [5, 5.41) is 0. The van der Waals surface area contributed by atoms with Gasteiger partial charge in [0.1, 0.15) is 0 Å². The standard InChI is InChI=1S/C12H24N2O2S/c1-10-7-11(2)9-14(8-10)17(15,16)13-12-5-3-4-6-12/h10-13H,3-9H2,1-2H3. The van der Waals surface area contributed by atoms with Crippen molar-refractivity contribution < 1.29 is 8.42 Å². The van der Waals surface area contributed by atoms with Gasteiger partial charge in [0.25, 0.3) is 10.2 Å². The molecule has 0 spiro atoms. The van der Waals surface area contributed by atoms with Gasteiger partial charge < -0.3 is 0 Å². The molecule has 1 aliphatic carbocycles. The minimum atomic E-state index is -3.25. The average Bonchev–Trinajstić information content (AvgIpc) is 2.68. The van der Waals surface area contributed by atoms with Crippen LogP contribution in [0.2, 0.25) is 0 Å². The van der Waals surface area contributed by atoms with Gasteiger partial charge in [0.05, 0.1) is 0 Å². The van der Waals surface area contributed by atoms with Crippen LogP contribution in [0.4, 0.5) is 0 Å². The zero-order chi connectivity index (χ0) is 12.5. The van der Waals surface area contributed by atoms with Crippen molar-refractivity contribution >= 4 is 10.2 Å². The molecular weight excluding hydrogens is 236 g/mol. The van der Waals surface area contributed by atoms with E-state index in [4.69, 9.17) is 0 Å². The van der Waals surface area contributed by atoms with E-state index in [1.54, 1.807) is 4.31 Å². The van der Waals surface area contributed by atoms with Gasteiger partial charge in [-0.3, -0.25) is 0 Å². The van der Waals surface area contributed by atoms with Crippen LogP contribution in [0.1, 0.15) is 46.0 Å². The molecule has 1 heterocycles. The van der Waals surface area contributed by atoms with Gasteiger partial charge in [0.15, 0.2) is 0 Å². The molecule has 100 valence electrons. The minimum Gasteiger partial charge on any atom is -0.199 e. The summed E-state index contributed by atoms with van der Waals surface area (Å²) in [6, 6.07) is 0.174. The van der Waals surface area contributed by atoms with Crippen LogP contribution in [0.5, 0.6) is 0 Å². The first-order valence-electron chi connectivity index (χ1n) is 6.75. The third-order valence-corrected chi connectivity index (χ3v) is 5.46. The molecule has 2 fully saturated rings. The van der Waals surface area contributed by atoms with Crippen molar-refractivity contribution in [1.82, 2.24) is 9.03 Å². The Morgan fingerprint density at radius 2 is 1.59 bits per heavy atom. The monoisotopic (exact) mass is 260 g/mol. The van der Waals surface area contributed by atoms with Crippen LogP contribution in [-0.4, -0.2) is 31.9 Å². The second-order valence-electron chi connectivity index (χ2n) is 5.87. The number of hydrogen-bond acceptors (Lipinski definition) is 2. The summed E-state index contributed by atoms with van der Waals surface area (Å²) in [4.78, 5) is 0. The van der Waals surface area contributed by atoms with Crippen molar-refractivity contribution in [3.8, 4) is 0 Å². The summed E-state index contributed by atoms with van der Waals surface area (Å²) in [5.41, 5.74) is 0. The fourth-order valence-corrected chi connectivity index (χ4v) is 4.84. The third-order valence-electron chi connectivity index (χ3n) is 3.85. The van der Waals surface area contributed by atoms with E-state index >= 15 is 0 Å². The lowest BCUT2D eigenvalue weighted by Crippen LogP contribution is -2.50. The molecule has 0 aromatic rings. The Hall–Kier alpha value is -0.130. The third kappa shape index (κ3) is 3.42. The molecule has 0 aromatic carbocycles. The van der Waals surface area contributed by atoms with Gasteiger partial charge in [-0.15, -0.1) is 0 Å². The fraction of sp³-hybridized carbons (Fsp3) is 1.00. The first kappa shape index (κ1) is 13.3. The van der Waals surface area contributed by atoms with Gasteiger partial charge in [-0.2, -0.15) is 17.4 Å². The van der Waals surface area contributed by atoms with E-state index < -0.39 is 10.2 Å². The second kappa shape index (κ2) is 5.24. The Morgan fingerprint density at radius 3 is 2.12 bits per heavy atom.